The van der Waals surface area contributed by atoms with Crippen LogP contribution >= 0.6 is 27.3 Å². The van der Waals surface area contributed by atoms with Crippen molar-refractivity contribution in [3.63, 3.8) is 0 Å². The van der Waals surface area contributed by atoms with E-state index in [0.29, 0.717) is 16.5 Å². The molecule has 0 saturated heterocycles. The fourth-order valence-electron chi connectivity index (χ4n) is 3.16. The van der Waals surface area contributed by atoms with E-state index in [1.54, 1.807) is 12.3 Å². The third-order valence-electron chi connectivity index (χ3n) is 4.93. The van der Waals surface area contributed by atoms with Crippen molar-refractivity contribution in [2.75, 3.05) is 11.9 Å². The number of rotatable bonds is 7. The van der Waals surface area contributed by atoms with Crippen molar-refractivity contribution in [1.82, 2.24) is 0 Å². The van der Waals surface area contributed by atoms with Gasteiger partial charge in [-0.05, 0) is 47.7 Å². The number of nitrogens with one attached hydrogen (secondary N) is 1. The molecule has 0 aliphatic carbocycles. The van der Waals surface area contributed by atoms with Crippen LogP contribution in [0.5, 0.6) is 0 Å². The number of esters is 1. The maximum absolute atomic E-state index is 12.9. The zero-order chi connectivity index (χ0) is 24.0. The monoisotopic (exact) mass is 522 g/mol. The van der Waals surface area contributed by atoms with Gasteiger partial charge in [-0.3, -0.25) is 4.79 Å². The summed E-state index contributed by atoms with van der Waals surface area (Å²) in [5.41, 5.74) is 3.62. The van der Waals surface area contributed by atoms with Gasteiger partial charge in [0.05, 0.1) is 6.61 Å². The number of thiophene rings is 1. The van der Waals surface area contributed by atoms with E-state index in [1.165, 1.54) is 23.0 Å². The Hall–Kier alpha value is -3.21. The summed E-state index contributed by atoms with van der Waals surface area (Å²) in [5, 5.41) is 14.4. The first-order chi connectivity index (χ1) is 15.8. The van der Waals surface area contributed by atoms with Crippen LogP contribution in [0.1, 0.15) is 48.2 Å². The molecule has 7 heteroatoms. The van der Waals surface area contributed by atoms with E-state index in [0.717, 1.165) is 15.6 Å². The molecular weight excluding hydrogens is 500 g/mol. The first-order valence-electron chi connectivity index (χ1n) is 10.4. The molecule has 0 radical (unpaired) electrons. The SMILES string of the molecule is CCOC(=O)c1c(-c2ccc(Br)cc2)csc1NC(=O)C(C#N)=Cc1ccc(C(C)C)cc1. The van der Waals surface area contributed by atoms with Crippen LogP contribution in [0.15, 0.2) is 64.0 Å². The molecule has 1 aromatic heterocycles. The lowest BCUT2D eigenvalue weighted by molar-refractivity contribution is -0.112. The highest BCUT2D eigenvalue weighted by Crippen LogP contribution is 2.37. The minimum atomic E-state index is -0.583. The Labute approximate surface area is 205 Å². The second kappa shape index (κ2) is 11.1. The van der Waals surface area contributed by atoms with Crippen molar-refractivity contribution in [3.8, 4) is 17.2 Å². The molecule has 0 aliphatic heterocycles. The summed E-state index contributed by atoms with van der Waals surface area (Å²) >= 11 is 4.62. The number of nitriles is 1. The summed E-state index contributed by atoms with van der Waals surface area (Å²) in [6, 6.07) is 17.2. The van der Waals surface area contributed by atoms with Crippen LogP contribution in [0.4, 0.5) is 5.00 Å². The summed E-state index contributed by atoms with van der Waals surface area (Å²) in [6.45, 7) is 6.13. The number of amides is 1. The maximum Gasteiger partial charge on any atom is 0.341 e. The second-order valence-corrected chi connectivity index (χ2v) is 9.32. The lowest BCUT2D eigenvalue weighted by atomic mass is 10.0. The predicted molar refractivity (Wildman–Crippen MR) is 136 cm³/mol. The van der Waals surface area contributed by atoms with Crippen molar-refractivity contribution < 1.29 is 14.3 Å². The van der Waals surface area contributed by atoms with Gasteiger partial charge in [-0.25, -0.2) is 4.79 Å². The van der Waals surface area contributed by atoms with Crippen molar-refractivity contribution >= 4 is 50.2 Å². The average Bonchev–Trinajstić information content (AvgIpc) is 3.21. The summed E-state index contributed by atoms with van der Waals surface area (Å²) < 4.78 is 6.15. The summed E-state index contributed by atoms with van der Waals surface area (Å²) in [7, 11) is 0. The van der Waals surface area contributed by atoms with Crippen LogP contribution in [0.25, 0.3) is 17.2 Å². The lowest BCUT2D eigenvalue weighted by Crippen LogP contribution is -2.16. The molecule has 0 aliphatic rings. The van der Waals surface area contributed by atoms with Gasteiger partial charge in [0.25, 0.3) is 5.91 Å². The molecule has 1 N–H and O–H groups in total. The molecule has 5 nitrogen and oxygen atoms in total. The Morgan fingerprint density at radius 2 is 1.82 bits per heavy atom. The third kappa shape index (κ3) is 5.98. The predicted octanol–water partition coefficient (Wildman–Crippen LogP) is 7.02. The van der Waals surface area contributed by atoms with Gasteiger partial charge in [0.2, 0.25) is 0 Å². The molecule has 33 heavy (non-hydrogen) atoms. The standard InChI is InChI=1S/C26H23BrN2O3S/c1-4-32-26(31)23-22(19-9-11-21(27)12-10-19)15-33-25(23)29-24(30)20(14-28)13-17-5-7-18(8-6-17)16(2)3/h5-13,15-16H,4H2,1-3H3,(H,29,30). The second-order valence-electron chi connectivity index (χ2n) is 7.53. The topological polar surface area (TPSA) is 79.2 Å². The quantitative estimate of drug-likeness (QED) is 0.205. The number of benzene rings is 2. The molecule has 1 heterocycles. The fraction of sp³-hybridized carbons (Fsp3) is 0.192. The Morgan fingerprint density at radius 1 is 1.15 bits per heavy atom. The minimum absolute atomic E-state index is 0.0549. The zero-order valence-electron chi connectivity index (χ0n) is 18.5. The van der Waals surface area contributed by atoms with Gasteiger partial charge in [0.1, 0.15) is 22.2 Å². The number of halogens is 1. The van der Waals surface area contributed by atoms with Crippen LogP contribution in [-0.2, 0) is 9.53 Å². The number of ether oxygens (including phenoxy) is 1. The molecule has 2 aromatic carbocycles. The van der Waals surface area contributed by atoms with Crippen molar-refractivity contribution in [2.24, 2.45) is 0 Å². The van der Waals surface area contributed by atoms with E-state index >= 15 is 0 Å². The van der Waals surface area contributed by atoms with Crippen LogP contribution in [0.3, 0.4) is 0 Å². The number of hydrogen-bond acceptors (Lipinski definition) is 5. The summed E-state index contributed by atoms with van der Waals surface area (Å²) in [6.07, 6.45) is 1.53. The Balaban J connectivity index is 1.92. The molecule has 0 bridgehead atoms. The summed E-state index contributed by atoms with van der Waals surface area (Å²) in [4.78, 5) is 25.6. The van der Waals surface area contributed by atoms with Crippen LogP contribution in [0, 0.1) is 11.3 Å². The van der Waals surface area contributed by atoms with Crippen LogP contribution < -0.4 is 5.32 Å². The molecule has 0 spiro atoms. The van der Waals surface area contributed by atoms with E-state index in [9.17, 15) is 14.9 Å². The Bertz CT molecular complexity index is 1220. The highest BCUT2D eigenvalue weighted by atomic mass is 79.9. The molecule has 0 fully saturated rings. The van der Waals surface area contributed by atoms with Crippen molar-refractivity contribution in [2.45, 2.75) is 26.7 Å². The molecule has 1 amide bonds. The normalized spacial score (nSPS) is 11.2. The number of carbonyl (C=O) groups is 2. The first-order valence-corrected chi connectivity index (χ1v) is 12.1. The van der Waals surface area contributed by atoms with Gasteiger partial charge in [-0.15, -0.1) is 11.3 Å². The number of anilines is 1. The largest absolute Gasteiger partial charge is 0.462 e. The van der Waals surface area contributed by atoms with Gasteiger partial charge in [0.15, 0.2) is 0 Å². The molecule has 0 atom stereocenters. The highest BCUT2D eigenvalue weighted by molar-refractivity contribution is 9.10. The van der Waals surface area contributed by atoms with Crippen LogP contribution in [0.2, 0.25) is 0 Å². The number of nitrogens with zero attached hydrogens (tertiary/aromatic N) is 1. The smallest absolute Gasteiger partial charge is 0.341 e. The zero-order valence-corrected chi connectivity index (χ0v) is 20.9. The van der Waals surface area contributed by atoms with E-state index in [2.05, 4.69) is 35.1 Å². The lowest BCUT2D eigenvalue weighted by Gasteiger charge is -2.09. The number of carbonyl (C=O) groups excluding carboxylic acids is 2. The van der Waals surface area contributed by atoms with Gasteiger partial charge < -0.3 is 10.1 Å². The Kier molecular flexibility index (Phi) is 8.21. The van der Waals surface area contributed by atoms with E-state index in [4.69, 9.17) is 4.74 Å². The van der Waals surface area contributed by atoms with Gasteiger partial charge in [-0.1, -0.05) is 66.2 Å². The molecule has 0 unspecified atom stereocenters. The van der Waals surface area contributed by atoms with Gasteiger partial charge >= 0.3 is 5.97 Å². The minimum Gasteiger partial charge on any atom is -0.462 e. The molecule has 168 valence electrons. The highest BCUT2D eigenvalue weighted by Gasteiger charge is 2.23. The summed E-state index contributed by atoms with van der Waals surface area (Å²) in [5.74, 6) is -0.722. The fourth-order valence-corrected chi connectivity index (χ4v) is 4.38. The van der Waals surface area contributed by atoms with E-state index in [1.807, 2.05) is 54.6 Å². The molecule has 0 saturated carbocycles. The third-order valence-corrected chi connectivity index (χ3v) is 6.36. The average molecular weight is 523 g/mol. The maximum atomic E-state index is 12.9. The molecular formula is C26H23BrN2O3S. The van der Waals surface area contributed by atoms with E-state index < -0.39 is 11.9 Å². The Morgan fingerprint density at radius 3 is 2.39 bits per heavy atom. The number of hydrogen-bond donors (Lipinski definition) is 1. The molecule has 3 rings (SSSR count). The van der Waals surface area contributed by atoms with Gasteiger partial charge in [-0.2, -0.15) is 5.26 Å². The van der Waals surface area contributed by atoms with Crippen molar-refractivity contribution in [3.05, 3.63) is 80.6 Å². The van der Waals surface area contributed by atoms with Crippen molar-refractivity contribution in [1.29, 1.82) is 5.26 Å². The van der Waals surface area contributed by atoms with E-state index in [-0.39, 0.29) is 17.7 Å². The van der Waals surface area contributed by atoms with Gasteiger partial charge in [0, 0.05) is 15.4 Å². The first kappa shape index (κ1) is 24.4. The molecule has 3 aromatic rings. The van der Waals surface area contributed by atoms with Crippen LogP contribution in [-0.4, -0.2) is 18.5 Å².